The average molecular weight is 383 g/mol. The van der Waals surface area contributed by atoms with Crippen LogP contribution in [0, 0.1) is 6.57 Å². The molecule has 0 fully saturated rings. The molecule has 2 rings (SSSR count). The van der Waals surface area contributed by atoms with Gasteiger partial charge in [0.25, 0.3) is 0 Å². The molecule has 0 aliphatic rings. The van der Waals surface area contributed by atoms with Crippen molar-refractivity contribution < 1.29 is 17.4 Å². The van der Waals surface area contributed by atoms with Gasteiger partial charge in [0, 0.05) is 17.1 Å². The van der Waals surface area contributed by atoms with Crippen molar-refractivity contribution in [3.05, 3.63) is 39.2 Å². The lowest BCUT2D eigenvalue weighted by Crippen LogP contribution is -2.09. The minimum absolute atomic E-state index is 0.0352. The molecule has 1 atom stereocenters. The van der Waals surface area contributed by atoms with Crippen LogP contribution < -0.4 is 5.73 Å². The van der Waals surface area contributed by atoms with Gasteiger partial charge in [0.05, 0.1) is 15.6 Å². The van der Waals surface area contributed by atoms with Gasteiger partial charge in [-0.1, -0.05) is 29.8 Å². The van der Waals surface area contributed by atoms with Gasteiger partial charge in [-0.2, -0.15) is 13.2 Å². The van der Waals surface area contributed by atoms with Crippen LogP contribution in [-0.2, 0) is 17.0 Å². The Morgan fingerprint density at radius 2 is 1.87 bits per heavy atom. The first-order valence-corrected chi connectivity index (χ1v) is 8.05. The molecule has 0 radical (unpaired) electrons. The van der Waals surface area contributed by atoms with E-state index in [0.29, 0.717) is 12.1 Å². The van der Waals surface area contributed by atoms with Gasteiger partial charge >= 0.3 is 12.0 Å². The summed E-state index contributed by atoms with van der Waals surface area (Å²) in [4.78, 5) is 3.06. The lowest BCUT2D eigenvalue weighted by Gasteiger charge is -2.11. The molecule has 0 aliphatic carbocycles. The molecule has 1 aromatic heterocycles. The number of aromatic nitrogens is 2. The first-order valence-electron chi connectivity index (χ1n) is 5.74. The summed E-state index contributed by atoms with van der Waals surface area (Å²) in [5.74, 6) is -0.421. The van der Waals surface area contributed by atoms with Gasteiger partial charge in [-0.3, -0.25) is 4.21 Å². The third-order valence-electron chi connectivity index (χ3n) is 2.81. The highest BCUT2D eigenvalue weighted by atomic mass is 35.5. The predicted octanol–water partition coefficient (Wildman–Crippen LogP) is 4.07. The van der Waals surface area contributed by atoms with Crippen LogP contribution >= 0.6 is 23.2 Å². The fourth-order valence-corrected chi connectivity index (χ4v) is 3.23. The Balaban J connectivity index is 2.74. The number of nitrogens with two attached hydrogens (primary N) is 1. The molecular weight excluding hydrogens is 376 g/mol. The van der Waals surface area contributed by atoms with Gasteiger partial charge in [0.1, 0.15) is 10.6 Å². The van der Waals surface area contributed by atoms with E-state index in [9.17, 15) is 17.4 Å². The summed E-state index contributed by atoms with van der Waals surface area (Å²) in [5.41, 5.74) is 4.64. The van der Waals surface area contributed by atoms with Crippen molar-refractivity contribution in [3.8, 4) is 5.69 Å². The van der Waals surface area contributed by atoms with E-state index in [4.69, 9.17) is 35.5 Å². The first kappa shape index (κ1) is 17.6. The normalized spacial score (nSPS) is 12.9. The lowest BCUT2D eigenvalue weighted by molar-refractivity contribution is -0.137. The minimum atomic E-state index is -4.63. The van der Waals surface area contributed by atoms with E-state index in [1.807, 2.05) is 0 Å². The maximum atomic E-state index is 12.7. The van der Waals surface area contributed by atoms with Crippen LogP contribution in [0.4, 0.5) is 24.8 Å². The number of alkyl halides is 3. The second-order valence-electron chi connectivity index (χ2n) is 4.30. The second-order valence-corrected chi connectivity index (χ2v) is 6.43. The summed E-state index contributed by atoms with van der Waals surface area (Å²) in [6.45, 7) is 7.02. The van der Waals surface area contributed by atoms with Gasteiger partial charge in [-0.25, -0.2) is 0 Å². The van der Waals surface area contributed by atoms with E-state index in [2.05, 4.69) is 9.94 Å². The molecule has 0 aliphatic heterocycles. The van der Waals surface area contributed by atoms with E-state index < -0.39 is 22.5 Å². The number of nitrogen functional groups attached to an aromatic ring is 1. The zero-order chi connectivity index (χ0) is 17.5. The number of nitrogens with zero attached hydrogens (tertiary/aromatic N) is 3. The summed E-state index contributed by atoms with van der Waals surface area (Å²) >= 11 is 11.8. The van der Waals surface area contributed by atoms with Gasteiger partial charge in [-0.05, 0) is 17.2 Å². The quantitative estimate of drug-likeness (QED) is 0.796. The van der Waals surface area contributed by atoms with Crippen LogP contribution in [-0.4, -0.2) is 20.2 Å². The maximum absolute atomic E-state index is 12.7. The summed E-state index contributed by atoms with van der Waals surface area (Å²) in [6, 6.07) is 1.34. The molecule has 23 heavy (non-hydrogen) atoms. The monoisotopic (exact) mass is 382 g/mol. The van der Waals surface area contributed by atoms with Crippen LogP contribution in [0.15, 0.2) is 17.0 Å². The van der Waals surface area contributed by atoms with Crippen molar-refractivity contribution in [2.75, 3.05) is 12.0 Å². The average Bonchev–Trinajstić information content (AvgIpc) is 2.74. The van der Waals surface area contributed by atoms with Crippen molar-refractivity contribution in [3.63, 3.8) is 0 Å². The molecule has 1 unspecified atom stereocenters. The smallest absolute Gasteiger partial charge is 0.382 e. The third-order valence-corrected chi connectivity index (χ3v) is 4.35. The van der Waals surface area contributed by atoms with Crippen LogP contribution in [0.25, 0.3) is 10.5 Å². The minimum Gasteiger partial charge on any atom is -0.382 e. The molecule has 0 saturated heterocycles. The Morgan fingerprint density at radius 3 is 2.22 bits per heavy atom. The van der Waals surface area contributed by atoms with Gasteiger partial charge in [0.2, 0.25) is 0 Å². The molecule has 1 heterocycles. The SMILES string of the molecule is [C-]#[N+]c1nn(-c2c(Cl)cc(C(F)(F)F)cc2Cl)c(N)c1S(C)=O. The van der Waals surface area contributed by atoms with E-state index in [0.717, 1.165) is 4.68 Å². The Kier molecular flexibility index (Phi) is 4.61. The highest BCUT2D eigenvalue weighted by Crippen LogP contribution is 2.39. The highest BCUT2D eigenvalue weighted by molar-refractivity contribution is 7.84. The zero-order valence-corrected chi connectivity index (χ0v) is 13.6. The maximum Gasteiger partial charge on any atom is 0.416 e. The topological polar surface area (TPSA) is 65.3 Å². The van der Waals surface area contributed by atoms with E-state index in [1.165, 1.54) is 6.26 Å². The number of hydrogen-bond acceptors (Lipinski definition) is 3. The fraction of sp³-hybridized carbons (Fsp3) is 0.167. The summed E-state index contributed by atoms with van der Waals surface area (Å²) in [7, 11) is -1.62. The summed E-state index contributed by atoms with van der Waals surface area (Å²) in [6.07, 6.45) is -3.33. The van der Waals surface area contributed by atoms with E-state index in [-0.39, 0.29) is 32.3 Å². The van der Waals surface area contributed by atoms with Crippen molar-refractivity contribution >= 4 is 45.6 Å². The Bertz CT molecular complexity index is 834. The van der Waals surface area contributed by atoms with Crippen molar-refractivity contribution in [2.24, 2.45) is 0 Å². The van der Waals surface area contributed by atoms with Crippen LogP contribution in [0.2, 0.25) is 10.0 Å². The predicted molar refractivity (Wildman–Crippen MR) is 81.6 cm³/mol. The summed E-state index contributed by atoms with van der Waals surface area (Å²) in [5, 5.41) is 3.11. The van der Waals surface area contributed by atoms with E-state index in [1.54, 1.807) is 0 Å². The van der Waals surface area contributed by atoms with Crippen LogP contribution in [0.3, 0.4) is 0 Å². The molecule has 0 saturated carbocycles. The summed E-state index contributed by atoms with van der Waals surface area (Å²) < 4.78 is 50.8. The molecule has 11 heteroatoms. The number of rotatable bonds is 2. The molecule has 122 valence electrons. The third kappa shape index (κ3) is 3.15. The van der Waals surface area contributed by atoms with Gasteiger partial charge < -0.3 is 10.6 Å². The lowest BCUT2D eigenvalue weighted by atomic mass is 10.2. The van der Waals surface area contributed by atoms with E-state index >= 15 is 0 Å². The molecule has 0 amide bonds. The Morgan fingerprint density at radius 1 is 1.35 bits per heavy atom. The van der Waals surface area contributed by atoms with Crippen LogP contribution in [0.5, 0.6) is 0 Å². The molecule has 2 aromatic rings. The Hall–Kier alpha value is -1.76. The first-order chi connectivity index (χ1) is 10.6. The fourth-order valence-electron chi connectivity index (χ4n) is 1.86. The largest absolute Gasteiger partial charge is 0.416 e. The zero-order valence-electron chi connectivity index (χ0n) is 11.3. The number of hydrogen-bond donors (Lipinski definition) is 1. The molecule has 0 spiro atoms. The molecular formula is C12H7Cl2F3N4OS. The molecule has 1 aromatic carbocycles. The van der Waals surface area contributed by atoms with Crippen molar-refractivity contribution in [1.82, 2.24) is 9.78 Å². The van der Waals surface area contributed by atoms with Gasteiger partial charge in [-0.15, -0.1) is 4.68 Å². The molecule has 5 nitrogen and oxygen atoms in total. The van der Waals surface area contributed by atoms with Crippen molar-refractivity contribution in [1.29, 1.82) is 0 Å². The molecule has 2 N–H and O–H groups in total. The second kappa shape index (κ2) is 6.03. The highest BCUT2D eigenvalue weighted by Gasteiger charge is 2.33. The van der Waals surface area contributed by atoms with Crippen molar-refractivity contribution in [2.45, 2.75) is 11.1 Å². The number of anilines is 1. The van der Waals surface area contributed by atoms with Gasteiger partial charge in [0.15, 0.2) is 5.82 Å². The standard InChI is InChI=1S/C12H7Cl2F3N4OS/c1-19-11-9(23(2)22)10(18)21(20-11)8-6(13)3-5(4-7(8)14)12(15,16)17/h3-4H,18H2,2H3. The van der Waals surface area contributed by atoms with Crippen LogP contribution in [0.1, 0.15) is 5.56 Å². The Labute approximate surface area is 141 Å². The number of halogens is 5. The number of benzene rings is 1. The molecule has 0 bridgehead atoms.